The maximum atomic E-state index is 13.3. The summed E-state index contributed by atoms with van der Waals surface area (Å²) in [6.45, 7) is 0.346. The van der Waals surface area contributed by atoms with Crippen LogP contribution in [0, 0.1) is 0 Å². The summed E-state index contributed by atoms with van der Waals surface area (Å²) >= 11 is 0. The fraction of sp³-hybridized carbons (Fsp3) is 0.143. The molecule has 0 unspecified atom stereocenters. The van der Waals surface area contributed by atoms with Gasteiger partial charge in [0.1, 0.15) is 0 Å². The largest absolute Gasteiger partial charge is 0.467 e. The third kappa shape index (κ3) is 3.42. The number of sulfonamides is 1. The van der Waals surface area contributed by atoms with Crippen LogP contribution in [-0.2, 0) is 16.4 Å². The lowest BCUT2D eigenvalue weighted by Gasteiger charge is -2.20. The Labute approximate surface area is 182 Å². The predicted octanol–water partition coefficient (Wildman–Crippen LogP) is 2.25. The topological polar surface area (TPSA) is 131 Å². The van der Waals surface area contributed by atoms with E-state index in [9.17, 15) is 13.2 Å². The van der Waals surface area contributed by atoms with Gasteiger partial charge >= 0.3 is 11.8 Å². The molecule has 0 radical (unpaired) electrons. The smallest absolute Gasteiger partial charge is 0.439 e. The fourth-order valence-corrected chi connectivity index (χ4v) is 5.14. The zero-order chi connectivity index (χ0) is 22.3. The third-order valence-electron chi connectivity index (χ3n) is 5.23. The van der Waals surface area contributed by atoms with Crippen LogP contribution in [-0.4, -0.2) is 42.2 Å². The van der Waals surface area contributed by atoms with Crippen molar-refractivity contribution in [1.29, 1.82) is 0 Å². The van der Waals surface area contributed by atoms with Crippen LogP contribution in [0.1, 0.15) is 5.56 Å². The Morgan fingerprint density at radius 3 is 2.41 bits per heavy atom. The highest BCUT2D eigenvalue weighted by atomic mass is 32.2. The van der Waals surface area contributed by atoms with Crippen molar-refractivity contribution in [3.63, 3.8) is 0 Å². The van der Waals surface area contributed by atoms with Crippen LogP contribution in [0.15, 0.2) is 69.1 Å². The first kappa shape index (κ1) is 19.9. The molecule has 5 rings (SSSR count). The van der Waals surface area contributed by atoms with E-state index in [1.165, 1.54) is 23.5 Å². The number of nitrogens with zero attached hydrogens (tertiary/aromatic N) is 4. The molecule has 32 heavy (non-hydrogen) atoms. The Bertz CT molecular complexity index is 1440. The lowest BCUT2D eigenvalue weighted by molar-refractivity contribution is 0.380. The van der Waals surface area contributed by atoms with E-state index in [1.54, 1.807) is 30.6 Å². The van der Waals surface area contributed by atoms with Crippen molar-refractivity contribution in [2.75, 3.05) is 18.0 Å². The van der Waals surface area contributed by atoms with Gasteiger partial charge in [-0.1, -0.05) is 11.2 Å². The minimum Gasteiger partial charge on any atom is -0.467 e. The summed E-state index contributed by atoms with van der Waals surface area (Å²) in [6.07, 6.45) is 3.93. The minimum atomic E-state index is -3.76. The molecule has 0 saturated heterocycles. The Balaban J connectivity index is 1.43. The van der Waals surface area contributed by atoms with Crippen molar-refractivity contribution in [2.24, 2.45) is 0 Å². The van der Waals surface area contributed by atoms with Crippen LogP contribution in [0.25, 0.3) is 22.5 Å². The average Bonchev–Trinajstić information content (AvgIpc) is 3.45. The summed E-state index contributed by atoms with van der Waals surface area (Å²) in [5.74, 6) is -0.438. The molecule has 0 spiro atoms. The second kappa shape index (κ2) is 7.61. The number of benzene rings is 2. The SMILES string of the molecule is COc1ncc(-c2ccc3c(c2)CCN3S(=O)(=O)c2ccc(-c3noc(=O)[nH]3)cc2)cn1. The van der Waals surface area contributed by atoms with Gasteiger partial charge in [-0.2, -0.15) is 0 Å². The molecule has 10 nitrogen and oxygen atoms in total. The van der Waals surface area contributed by atoms with Gasteiger partial charge in [-0.05, 0) is 53.9 Å². The number of aromatic nitrogens is 4. The molecule has 2 aromatic heterocycles. The van der Waals surface area contributed by atoms with Crippen LogP contribution < -0.4 is 14.8 Å². The van der Waals surface area contributed by atoms with Crippen molar-refractivity contribution in [2.45, 2.75) is 11.3 Å². The quantitative estimate of drug-likeness (QED) is 0.489. The Hall–Kier alpha value is -3.99. The molecular formula is C21H17N5O5S. The van der Waals surface area contributed by atoms with E-state index in [4.69, 9.17) is 4.74 Å². The number of aromatic amines is 1. The van der Waals surface area contributed by atoms with E-state index in [0.29, 0.717) is 24.2 Å². The highest BCUT2D eigenvalue weighted by Gasteiger charge is 2.31. The number of H-pyrrole nitrogens is 1. The summed E-state index contributed by atoms with van der Waals surface area (Å²) in [6, 6.07) is 12.0. The van der Waals surface area contributed by atoms with E-state index in [0.717, 1.165) is 16.7 Å². The molecule has 3 heterocycles. The second-order valence-corrected chi connectivity index (χ2v) is 8.96. The van der Waals surface area contributed by atoms with Crippen LogP contribution in [0.2, 0.25) is 0 Å². The summed E-state index contributed by atoms with van der Waals surface area (Å²) in [4.78, 5) is 21.9. The van der Waals surface area contributed by atoms with Gasteiger partial charge in [0.2, 0.25) is 0 Å². The number of hydrogen-bond donors (Lipinski definition) is 1. The first-order chi connectivity index (χ1) is 15.5. The lowest BCUT2D eigenvalue weighted by atomic mass is 10.0. The molecule has 0 saturated carbocycles. The van der Waals surface area contributed by atoms with Crippen LogP contribution in [0.5, 0.6) is 6.01 Å². The standard InChI is InChI=1S/C21H17N5O5S/c1-30-20-22-11-16(12-23-20)14-4-7-18-15(10-14)8-9-26(18)32(28,29)17-5-2-13(3-6-17)19-24-21(27)31-25-19/h2-7,10-12H,8-9H2,1H3,(H,24,25,27). The van der Waals surface area contributed by atoms with Crippen LogP contribution >= 0.6 is 0 Å². The highest BCUT2D eigenvalue weighted by Crippen LogP contribution is 2.36. The average molecular weight is 451 g/mol. The van der Waals surface area contributed by atoms with Crippen molar-refractivity contribution in [3.8, 4) is 28.5 Å². The van der Waals surface area contributed by atoms with Crippen molar-refractivity contribution in [1.82, 2.24) is 20.1 Å². The summed E-state index contributed by atoms with van der Waals surface area (Å²) in [7, 11) is -2.25. The summed E-state index contributed by atoms with van der Waals surface area (Å²) in [5.41, 5.74) is 3.84. The van der Waals surface area contributed by atoms with E-state index < -0.39 is 15.8 Å². The lowest BCUT2D eigenvalue weighted by Crippen LogP contribution is -2.29. The molecule has 0 aliphatic carbocycles. The minimum absolute atomic E-state index is 0.146. The Morgan fingerprint density at radius 2 is 1.75 bits per heavy atom. The maximum absolute atomic E-state index is 13.3. The van der Waals surface area contributed by atoms with Crippen molar-refractivity contribution in [3.05, 3.63) is 71.0 Å². The highest BCUT2D eigenvalue weighted by molar-refractivity contribution is 7.92. The van der Waals surface area contributed by atoms with E-state index in [-0.39, 0.29) is 16.7 Å². The number of rotatable bonds is 5. The number of methoxy groups -OCH3 is 1. The van der Waals surface area contributed by atoms with Gasteiger partial charge in [0.05, 0.1) is 17.7 Å². The van der Waals surface area contributed by atoms with Gasteiger partial charge in [0.25, 0.3) is 10.0 Å². The maximum Gasteiger partial charge on any atom is 0.439 e. The number of fused-ring (bicyclic) bond motifs is 1. The zero-order valence-corrected chi connectivity index (χ0v) is 17.7. The number of nitrogens with one attached hydrogen (secondary N) is 1. The molecule has 4 aromatic rings. The molecule has 0 amide bonds. The molecule has 0 bridgehead atoms. The Morgan fingerprint density at radius 1 is 1.03 bits per heavy atom. The number of hydrogen-bond acceptors (Lipinski definition) is 8. The first-order valence-corrected chi connectivity index (χ1v) is 11.1. The molecule has 162 valence electrons. The summed E-state index contributed by atoms with van der Waals surface area (Å²) < 4.78 is 37.4. The molecule has 2 aromatic carbocycles. The summed E-state index contributed by atoms with van der Waals surface area (Å²) in [5, 5.41) is 3.61. The molecule has 1 N–H and O–H groups in total. The second-order valence-electron chi connectivity index (χ2n) is 7.10. The van der Waals surface area contributed by atoms with Gasteiger partial charge < -0.3 is 4.74 Å². The Kier molecular flexibility index (Phi) is 4.74. The zero-order valence-electron chi connectivity index (χ0n) is 16.8. The van der Waals surface area contributed by atoms with Crippen molar-refractivity contribution >= 4 is 15.7 Å². The van der Waals surface area contributed by atoms with Crippen LogP contribution in [0.4, 0.5) is 5.69 Å². The molecule has 0 fully saturated rings. The fourth-order valence-electron chi connectivity index (χ4n) is 3.64. The monoisotopic (exact) mass is 451 g/mol. The van der Waals surface area contributed by atoms with Gasteiger partial charge in [0.15, 0.2) is 5.82 Å². The van der Waals surface area contributed by atoms with Gasteiger partial charge in [-0.15, -0.1) is 0 Å². The normalized spacial score (nSPS) is 13.2. The molecule has 0 atom stereocenters. The molecule has 1 aliphatic rings. The number of ether oxygens (including phenoxy) is 1. The van der Waals surface area contributed by atoms with Crippen LogP contribution in [0.3, 0.4) is 0 Å². The predicted molar refractivity (Wildman–Crippen MR) is 115 cm³/mol. The molecule has 1 aliphatic heterocycles. The molecular weight excluding hydrogens is 434 g/mol. The molecule has 11 heteroatoms. The third-order valence-corrected chi connectivity index (χ3v) is 7.06. The van der Waals surface area contributed by atoms with Crippen molar-refractivity contribution < 1.29 is 17.7 Å². The van der Waals surface area contributed by atoms with E-state index in [2.05, 4.69) is 24.6 Å². The van der Waals surface area contributed by atoms with Gasteiger partial charge in [0, 0.05) is 30.1 Å². The first-order valence-electron chi connectivity index (χ1n) is 9.64. The van der Waals surface area contributed by atoms with Gasteiger partial charge in [-0.3, -0.25) is 13.8 Å². The van der Waals surface area contributed by atoms with E-state index in [1.807, 2.05) is 12.1 Å². The number of anilines is 1. The van der Waals surface area contributed by atoms with E-state index >= 15 is 0 Å². The van der Waals surface area contributed by atoms with Gasteiger partial charge in [-0.25, -0.2) is 23.2 Å².